The number of aromatic nitrogens is 2. The smallest absolute Gasteiger partial charge is 0.422 e. The number of hydrogen-bond acceptors (Lipinski definition) is 4. The Morgan fingerprint density at radius 3 is 2.73 bits per heavy atom. The third kappa shape index (κ3) is 3.17. The summed E-state index contributed by atoms with van der Waals surface area (Å²) in [6, 6.07) is 0. The largest absolute Gasteiger partial charge is 0.459 e. The van der Waals surface area contributed by atoms with Gasteiger partial charge in [-0.3, -0.25) is 0 Å². The zero-order valence-electron chi connectivity index (χ0n) is 5.13. The van der Waals surface area contributed by atoms with Gasteiger partial charge in [0.2, 0.25) is 0 Å². The second-order valence-electron chi connectivity index (χ2n) is 1.61. The summed E-state index contributed by atoms with van der Waals surface area (Å²) in [7, 11) is 0. The van der Waals surface area contributed by atoms with Crippen molar-refractivity contribution in [1.29, 1.82) is 0 Å². The predicted octanol–water partition coefficient (Wildman–Crippen LogP) is 1.48. The van der Waals surface area contributed by atoms with Gasteiger partial charge in [-0.25, -0.2) is 0 Å². The summed E-state index contributed by atoms with van der Waals surface area (Å²) in [5.74, 6) is 0. The van der Waals surface area contributed by atoms with Crippen LogP contribution in [0.15, 0.2) is 5.51 Å². The molecule has 0 atom stereocenters. The Morgan fingerprint density at radius 1 is 1.55 bits per heavy atom. The number of rotatable bonds is 2. The van der Waals surface area contributed by atoms with Crippen LogP contribution in [0.3, 0.4) is 0 Å². The molecule has 0 saturated heterocycles. The average Bonchev–Trinajstić information content (AvgIpc) is 2.32. The van der Waals surface area contributed by atoms with E-state index in [9.17, 15) is 13.2 Å². The first kappa shape index (κ1) is 8.25. The van der Waals surface area contributed by atoms with Crippen LogP contribution in [0.25, 0.3) is 0 Å². The van der Waals surface area contributed by atoms with E-state index in [0.29, 0.717) is 0 Å². The molecule has 0 aliphatic heterocycles. The van der Waals surface area contributed by atoms with Gasteiger partial charge in [-0.1, -0.05) is 11.3 Å². The number of alkyl halides is 3. The summed E-state index contributed by atoms with van der Waals surface area (Å²) in [5, 5.41) is 6.50. The van der Waals surface area contributed by atoms with Crippen LogP contribution < -0.4 is 4.74 Å². The second-order valence-corrected chi connectivity index (χ2v) is 2.40. The third-order valence-corrected chi connectivity index (χ3v) is 1.30. The minimum Gasteiger partial charge on any atom is -0.459 e. The summed E-state index contributed by atoms with van der Waals surface area (Å²) in [4.78, 5) is 0. The van der Waals surface area contributed by atoms with Crippen LogP contribution in [0.2, 0.25) is 0 Å². The lowest BCUT2D eigenvalue weighted by molar-refractivity contribution is -0.153. The van der Waals surface area contributed by atoms with Crippen LogP contribution in [0, 0.1) is 0 Å². The lowest BCUT2D eigenvalue weighted by Crippen LogP contribution is -2.19. The Hall–Kier alpha value is -0.850. The van der Waals surface area contributed by atoms with Gasteiger partial charge in [0.1, 0.15) is 5.51 Å². The molecule has 0 saturated carbocycles. The summed E-state index contributed by atoms with van der Waals surface area (Å²) in [5.41, 5.74) is 1.30. The van der Waals surface area contributed by atoms with Gasteiger partial charge >= 0.3 is 6.18 Å². The quantitative estimate of drug-likeness (QED) is 0.698. The molecule has 7 heteroatoms. The van der Waals surface area contributed by atoms with E-state index in [0.717, 1.165) is 11.3 Å². The fraction of sp³-hybridized carbons (Fsp3) is 0.500. The first-order valence-electron chi connectivity index (χ1n) is 2.53. The summed E-state index contributed by atoms with van der Waals surface area (Å²) in [6.07, 6.45) is -4.31. The summed E-state index contributed by atoms with van der Waals surface area (Å²) >= 11 is 0.919. The van der Waals surface area contributed by atoms with Crippen molar-refractivity contribution in [3.63, 3.8) is 0 Å². The maximum Gasteiger partial charge on any atom is 0.422 e. The molecule has 0 fully saturated rings. The zero-order chi connectivity index (χ0) is 8.32. The highest BCUT2D eigenvalue weighted by molar-refractivity contribution is 7.11. The Balaban J connectivity index is 2.35. The van der Waals surface area contributed by atoms with E-state index in [1.807, 2.05) is 0 Å². The minimum absolute atomic E-state index is 0.0673. The van der Waals surface area contributed by atoms with E-state index in [1.165, 1.54) is 5.51 Å². The average molecular weight is 184 g/mol. The standard InChI is InChI=1S/C4H3F3N2OS/c5-4(6,7)1-10-3-9-8-2-11-3/h2H,1H2. The van der Waals surface area contributed by atoms with Crippen LogP contribution in [-0.4, -0.2) is 23.0 Å². The van der Waals surface area contributed by atoms with Gasteiger partial charge in [-0.15, -0.1) is 10.2 Å². The zero-order valence-corrected chi connectivity index (χ0v) is 5.95. The van der Waals surface area contributed by atoms with Gasteiger partial charge in [-0.05, 0) is 0 Å². The molecular weight excluding hydrogens is 181 g/mol. The van der Waals surface area contributed by atoms with E-state index in [1.54, 1.807) is 0 Å². The molecule has 0 radical (unpaired) electrons. The minimum atomic E-state index is -4.31. The van der Waals surface area contributed by atoms with E-state index in [-0.39, 0.29) is 5.19 Å². The molecule has 1 rings (SSSR count). The number of nitrogens with zero attached hydrogens (tertiary/aromatic N) is 2. The fourth-order valence-corrected chi connectivity index (χ4v) is 0.775. The van der Waals surface area contributed by atoms with Crippen LogP contribution in [-0.2, 0) is 0 Å². The van der Waals surface area contributed by atoms with Crippen LogP contribution >= 0.6 is 11.3 Å². The van der Waals surface area contributed by atoms with Gasteiger partial charge in [0, 0.05) is 0 Å². The molecule has 0 aliphatic rings. The Morgan fingerprint density at radius 2 is 2.27 bits per heavy atom. The molecule has 0 N–H and O–H groups in total. The molecule has 0 unspecified atom stereocenters. The van der Waals surface area contributed by atoms with E-state index < -0.39 is 12.8 Å². The molecule has 1 aromatic heterocycles. The maximum atomic E-state index is 11.5. The van der Waals surface area contributed by atoms with Gasteiger partial charge in [0.25, 0.3) is 5.19 Å². The van der Waals surface area contributed by atoms with Crippen molar-refractivity contribution < 1.29 is 17.9 Å². The predicted molar refractivity (Wildman–Crippen MR) is 31.5 cm³/mol. The highest BCUT2D eigenvalue weighted by atomic mass is 32.1. The SMILES string of the molecule is FC(F)(F)COc1nncs1. The lowest BCUT2D eigenvalue weighted by atomic mass is 10.7. The van der Waals surface area contributed by atoms with Crippen molar-refractivity contribution in [3.8, 4) is 5.19 Å². The highest BCUT2D eigenvalue weighted by Gasteiger charge is 2.28. The van der Waals surface area contributed by atoms with Crippen molar-refractivity contribution in [3.05, 3.63) is 5.51 Å². The fourth-order valence-electron chi connectivity index (χ4n) is 0.369. The van der Waals surface area contributed by atoms with Crippen LogP contribution in [0.4, 0.5) is 13.2 Å². The van der Waals surface area contributed by atoms with Gasteiger partial charge in [0.15, 0.2) is 6.61 Å². The third-order valence-electron chi connectivity index (χ3n) is 0.699. The molecule has 11 heavy (non-hydrogen) atoms. The van der Waals surface area contributed by atoms with E-state index >= 15 is 0 Å². The first-order valence-corrected chi connectivity index (χ1v) is 3.41. The van der Waals surface area contributed by atoms with Crippen LogP contribution in [0.5, 0.6) is 5.19 Å². The van der Waals surface area contributed by atoms with E-state index in [2.05, 4.69) is 14.9 Å². The van der Waals surface area contributed by atoms with Crippen LogP contribution in [0.1, 0.15) is 0 Å². The second kappa shape index (κ2) is 3.04. The Kier molecular flexibility index (Phi) is 2.28. The molecule has 0 spiro atoms. The van der Waals surface area contributed by atoms with Crippen molar-refractivity contribution >= 4 is 11.3 Å². The van der Waals surface area contributed by atoms with Crippen molar-refractivity contribution in [1.82, 2.24) is 10.2 Å². The Labute approximate surface area is 63.8 Å². The topological polar surface area (TPSA) is 35.0 Å². The molecule has 3 nitrogen and oxygen atoms in total. The molecule has 1 heterocycles. The first-order chi connectivity index (χ1) is 5.08. The van der Waals surface area contributed by atoms with Crippen molar-refractivity contribution in [2.45, 2.75) is 6.18 Å². The lowest BCUT2D eigenvalue weighted by Gasteiger charge is -2.04. The summed E-state index contributed by atoms with van der Waals surface area (Å²) < 4.78 is 38.7. The van der Waals surface area contributed by atoms with Crippen molar-refractivity contribution in [2.75, 3.05) is 6.61 Å². The maximum absolute atomic E-state index is 11.5. The molecular formula is C4H3F3N2OS. The van der Waals surface area contributed by atoms with Gasteiger partial charge in [-0.2, -0.15) is 13.2 Å². The normalized spacial score (nSPS) is 11.5. The van der Waals surface area contributed by atoms with Gasteiger partial charge in [0.05, 0.1) is 0 Å². The van der Waals surface area contributed by atoms with Crippen molar-refractivity contribution in [2.24, 2.45) is 0 Å². The van der Waals surface area contributed by atoms with E-state index in [4.69, 9.17) is 0 Å². The number of halogens is 3. The molecule has 0 aromatic carbocycles. The van der Waals surface area contributed by atoms with Gasteiger partial charge < -0.3 is 4.74 Å². The highest BCUT2D eigenvalue weighted by Crippen LogP contribution is 2.18. The Bertz CT molecular complexity index is 210. The molecule has 62 valence electrons. The number of ether oxygens (including phenoxy) is 1. The number of hydrogen-bond donors (Lipinski definition) is 0. The molecule has 0 amide bonds. The molecule has 0 aliphatic carbocycles. The molecule has 0 bridgehead atoms. The molecule has 1 aromatic rings. The monoisotopic (exact) mass is 184 g/mol. The summed E-state index contributed by atoms with van der Waals surface area (Å²) in [6.45, 7) is -1.32.